The number of fused-ring (bicyclic) bond motifs is 1. The van der Waals surface area contributed by atoms with Crippen molar-refractivity contribution in [2.45, 2.75) is 11.8 Å². The lowest BCUT2D eigenvalue weighted by atomic mass is 10.2. The highest BCUT2D eigenvalue weighted by atomic mass is 32.2. The van der Waals surface area contributed by atoms with Crippen molar-refractivity contribution in [2.24, 2.45) is 0 Å². The second-order valence-electron chi connectivity index (χ2n) is 2.73. The smallest absolute Gasteiger partial charge is 0.0761 e. The maximum Gasteiger partial charge on any atom is 0.0761 e. The van der Waals surface area contributed by atoms with Crippen LogP contribution >= 0.6 is 11.8 Å². The molecule has 11 heavy (non-hydrogen) atoms. The van der Waals surface area contributed by atoms with Crippen LogP contribution in [-0.2, 0) is 6.42 Å². The van der Waals surface area contributed by atoms with E-state index in [0.29, 0.717) is 5.37 Å². The molecule has 1 atom stereocenters. The fourth-order valence-electron chi connectivity index (χ4n) is 1.41. The number of hydrogen-bond donors (Lipinski definition) is 1. The molecular weight excluding hydrogens is 154 g/mol. The molecule has 1 nitrogen and oxygen atoms in total. The van der Waals surface area contributed by atoms with Crippen molar-refractivity contribution in [3.8, 4) is 0 Å². The topological polar surface area (TPSA) is 12.0 Å². The number of nitrogens with one attached hydrogen (secondary N) is 1. The molecule has 0 bridgehead atoms. The second-order valence-corrected chi connectivity index (χ2v) is 3.77. The fraction of sp³-hybridized carbons (Fsp3) is 0.333. The molecule has 2 heteroatoms. The molecule has 1 aromatic carbocycles. The van der Waals surface area contributed by atoms with Crippen LogP contribution in [0.1, 0.15) is 5.56 Å². The van der Waals surface area contributed by atoms with E-state index in [9.17, 15) is 0 Å². The number of hydrogen-bond acceptors (Lipinski definition) is 2. The highest BCUT2D eigenvalue weighted by molar-refractivity contribution is 7.99. The summed E-state index contributed by atoms with van der Waals surface area (Å²) in [6.45, 7) is 0. The average Bonchev–Trinajstić information content (AvgIpc) is 2.46. The molecule has 0 saturated carbocycles. The summed E-state index contributed by atoms with van der Waals surface area (Å²) < 4.78 is 0. The molecule has 0 aromatic heterocycles. The summed E-state index contributed by atoms with van der Waals surface area (Å²) in [5, 5.41) is 4.04. The molecule has 0 amide bonds. The van der Waals surface area contributed by atoms with E-state index < -0.39 is 0 Å². The van der Waals surface area contributed by atoms with Gasteiger partial charge in [0.2, 0.25) is 0 Å². The molecule has 1 unspecified atom stereocenters. The summed E-state index contributed by atoms with van der Waals surface area (Å²) in [6.07, 6.45) is 3.31. The van der Waals surface area contributed by atoms with Crippen molar-refractivity contribution in [2.75, 3.05) is 11.6 Å². The van der Waals surface area contributed by atoms with Crippen molar-refractivity contribution in [3.63, 3.8) is 0 Å². The number of rotatable bonds is 1. The summed E-state index contributed by atoms with van der Waals surface area (Å²) in [5.74, 6) is 0. The second kappa shape index (κ2) is 2.78. The molecule has 0 fully saturated rings. The molecule has 1 aliphatic heterocycles. The zero-order valence-corrected chi connectivity index (χ0v) is 7.32. The van der Waals surface area contributed by atoms with Gasteiger partial charge in [-0.2, -0.15) is 0 Å². The van der Waals surface area contributed by atoms with Crippen LogP contribution in [0.3, 0.4) is 0 Å². The van der Waals surface area contributed by atoms with E-state index in [0.717, 1.165) is 6.42 Å². The predicted molar refractivity (Wildman–Crippen MR) is 51.1 cm³/mol. The van der Waals surface area contributed by atoms with Crippen LogP contribution in [0.2, 0.25) is 0 Å². The number of benzene rings is 1. The van der Waals surface area contributed by atoms with Gasteiger partial charge in [-0.3, -0.25) is 0 Å². The SMILES string of the molecule is CSC1Cc2ccccc2N1. The molecule has 58 valence electrons. The van der Waals surface area contributed by atoms with Gasteiger partial charge < -0.3 is 5.32 Å². The Morgan fingerprint density at radius 1 is 1.45 bits per heavy atom. The molecule has 1 N–H and O–H groups in total. The van der Waals surface area contributed by atoms with Crippen molar-refractivity contribution in [1.82, 2.24) is 0 Å². The van der Waals surface area contributed by atoms with E-state index in [1.807, 2.05) is 11.8 Å². The Morgan fingerprint density at radius 3 is 3.00 bits per heavy atom. The first kappa shape index (κ1) is 7.04. The zero-order valence-electron chi connectivity index (χ0n) is 6.50. The Bertz CT molecular complexity index is 234. The van der Waals surface area contributed by atoms with E-state index in [1.165, 1.54) is 11.3 Å². The third kappa shape index (κ3) is 1.23. The summed E-state index contributed by atoms with van der Waals surface area (Å²) in [6, 6.07) is 8.52. The van der Waals surface area contributed by atoms with Crippen LogP contribution < -0.4 is 5.32 Å². The van der Waals surface area contributed by atoms with Crippen LogP contribution in [0.15, 0.2) is 24.3 Å². The lowest BCUT2D eigenvalue weighted by molar-refractivity contribution is 1.03. The Kier molecular flexibility index (Phi) is 1.78. The first-order valence-electron chi connectivity index (χ1n) is 3.77. The Labute approximate surface area is 71.2 Å². The van der Waals surface area contributed by atoms with Gasteiger partial charge in [0.05, 0.1) is 5.37 Å². The van der Waals surface area contributed by atoms with Crippen molar-refractivity contribution >= 4 is 17.4 Å². The lowest BCUT2D eigenvalue weighted by Crippen LogP contribution is -2.08. The minimum Gasteiger partial charge on any atom is -0.373 e. The van der Waals surface area contributed by atoms with E-state index in [2.05, 4.69) is 35.8 Å². The molecule has 1 heterocycles. The standard InChI is InChI=1S/C9H11NS/c1-11-9-6-7-4-2-3-5-8(7)10-9/h2-5,9-10H,6H2,1H3. The highest BCUT2D eigenvalue weighted by Gasteiger charge is 2.17. The third-order valence-electron chi connectivity index (χ3n) is 2.02. The summed E-state index contributed by atoms with van der Waals surface area (Å²) in [4.78, 5) is 0. The summed E-state index contributed by atoms with van der Waals surface area (Å²) in [5.41, 5.74) is 2.76. The molecule has 2 rings (SSSR count). The average molecular weight is 165 g/mol. The van der Waals surface area contributed by atoms with Gasteiger partial charge in [0.25, 0.3) is 0 Å². The van der Waals surface area contributed by atoms with E-state index in [-0.39, 0.29) is 0 Å². The number of thioether (sulfide) groups is 1. The molecule has 1 aliphatic rings. The van der Waals surface area contributed by atoms with E-state index in [4.69, 9.17) is 0 Å². The Balaban J connectivity index is 2.27. The number of anilines is 1. The highest BCUT2D eigenvalue weighted by Crippen LogP contribution is 2.28. The maximum atomic E-state index is 3.45. The Morgan fingerprint density at radius 2 is 2.27 bits per heavy atom. The summed E-state index contributed by atoms with van der Waals surface area (Å²) >= 11 is 1.88. The largest absolute Gasteiger partial charge is 0.373 e. The molecule has 0 saturated heterocycles. The van der Waals surface area contributed by atoms with Crippen LogP contribution in [0.4, 0.5) is 5.69 Å². The van der Waals surface area contributed by atoms with Crippen molar-refractivity contribution in [3.05, 3.63) is 29.8 Å². The van der Waals surface area contributed by atoms with Gasteiger partial charge in [0, 0.05) is 12.1 Å². The molecule has 0 aliphatic carbocycles. The third-order valence-corrected chi connectivity index (χ3v) is 2.88. The van der Waals surface area contributed by atoms with Gasteiger partial charge in [-0.15, -0.1) is 11.8 Å². The lowest BCUT2D eigenvalue weighted by Gasteiger charge is -2.05. The van der Waals surface area contributed by atoms with Gasteiger partial charge in [0.1, 0.15) is 0 Å². The van der Waals surface area contributed by atoms with Crippen molar-refractivity contribution in [1.29, 1.82) is 0 Å². The predicted octanol–water partition coefficient (Wildman–Crippen LogP) is 2.34. The summed E-state index contributed by atoms with van der Waals surface area (Å²) in [7, 11) is 0. The van der Waals surface area contributed by atoms with Crippen LogP contribution in [0.25, 0.3) is 0 Å². The maximum absolute atomic E-state index is 3.45. The van der Waals surface area contributed by atoms with E-state index >= 15 is 0 Å². The van der Waals surface area contributed by atoms with Crippen LogP contribution in [0, 0.1) is 0 Å². The van der Waals surface area contributed by atoms with Gasteiger partial charge in [0.15, 0.2) is 0 Å². The number of para-hydroxylation sites is 1. The van der Waals surface area contributed by atoms with Gasteiger partial charge >= 0.3 is 0 Å². The van der Waals surface area contributed by atoms with Crippen LogP contribution in [-0.4, -0.2) is 11.6 Å². The monoisotopic (exact) mass is 165 g/mol. The first-order chi connectivity index (χ1) is 5.40. The first-order valence-corrected chi connectivity index (χ1v) is 5.06. The fourth-order valence-corrected chi connectivity index (χ4v) is 2.00. The van der Waals surface area contributed by atoms with Crippen molar-refractivity contribution < 1.29 is 0 Å². The van der Waals surface area contributed by atoms with E-state index in [1.54, 1.807) is 0 Å². The van der Waals surface area contributed by atoms with Gasteiger partial charge in [-0.05, 0) is 17.9 Å². The van der Waals surface area contributed by atoms with Gasteiger partial charge in [-0.25, -0.2) is 0 Å². The zero-order chi connectivity index (χ0) is 7.68. The van der Waals surface area contributed by atoms with Crippen LogP contribution in [0.5, 0.6) is 0 Å². The normalized spacial score (nSPS) is 21.0. The molecule has 0 spiro atoms. The molecule has 1 aromatic rings. The Hall–Kier alpha value is -0.630. The quantitative estimate of drug-likeness (QED) is 0.685. The molecular formula is C9H11NS. The minimum atomic E-state index is 0.590. The minimum absolute atomic E-state index is 0.590. The van der Waals surface area contributed by atoms with Gasteiger partial charge in [-0.1, -0.05) is 18.2 Å². The molecule has 0 radical (unpaired) electrons.